The highest BCUT2D eigenvalue weighted by Gasteiger charge is 2.52. The first-order valence-electron chi connectivity index (χ1n) is 7.19. The number of hydrogen-bond acceptors (Lipinski definition) is 1. The molecular weight excluding hydrogens is 258 g/mol. The Labute approximate surface area is 120 Å². The molecule has 0 aliphatic heterocycles. The molecule has 0 N–H and O–H groups in total. The summed E-state index contributed by atoms with van der Waals surface area (Å²) in [6.45, 7) is 5.97. The van der Waals surface area contributed by atoms with Crippen molar-refractivity contribution in [3.8, 4) is 0 Å². The van der Waals surface area contributed by atoms with Crippen molar-refractivity contribution >= 4 is 17.5 Å². The average Bonchev–Trinajstić information content (AvgIpc) is 3.20. The van der Waals surface area contributed by atoms with Crippen molar-refractivity contribution in [2.75, 3.05) is 13.1 Å². The van der Waals surface area contributed by atoms with E-state index in [-0.39, 0.29) is 5.41 Å². The Balaban J connectivity index is 2.19. The van der Waals surface area contributed by atoms with Crippen molar-refractivity contribution in [1.82, 2.24) is 4.90 Å². The normalized spacial score (nSPS) is 16.2. The molecule has 1 aliphatic rings. The smallest absolute Gasteiger partial charge is 0.233 e. The van der Waals surface area contributed by atoms with Gasteiger partial charge in [0.05, 0.1) is 5.41 Å². The van der Waals surface area contributed by atoms with Gasteiger partial charge in [0.2, 0.25) is 5.91 Å². The molecule has 104 valence electrons. The Morgan fingerprint density at radius 3 is 2.11 bits per heavy atom. The Kier molecular flexibility index (Phi) is 4.51. The molecule has 0 unspecified atom stereocenters. The van der Waals surface area contributed by atoms with Gasteiger partial charge in [-0.2, -0.15) is 0 Å². The summed E-state index contributed by atoms with van der Waals surface area (Å²) in [5.74, 6) is 0.304. The van der Waals surface area contributed by atoms with E-state index in [0.29, 0.717) is 5.91 Å². The first-order valence-corrected chi connectivity index (χ1v) is 7.57. The molecular formula is C16H22ClNO. The van der Waals surface area contributed by atoms with E-state index in [4.69, 9.17) is 11.6 Å². The third-order valence-electron chi connectivity index (χ3n) is 3.83. The second kappa shape index (κ2) is 5.96. The zero-order valence-electron chi connectivity index (χ0n) is 11.8. The molecule has 1 fully saturated rings. The zero-order chi connectivity index (χ0) is 13.9. The summed E-state index contributed by atoms with van der Waals surface area (Å²) in [6.07, 6.45) is 3.97. The number of nitrogens with zero attached hydrogens (tertiary/aromatic N) is 1. The molecule has 1 aromatic rings. The molecule has 0 bridgehead atoms. The number of amides is 1. The van der Waals surface area contributed by atoms with E-state index < -0.39 is 0 Å². The van der Waals surface area contributed by atoms with Crippen molar-refractivity contribution in [3.05, 3.63) is 34.9 Å². The van der Waals surface area contributed by atoms with Gasteiger partial charge in [-0.25, -0.2) is 0 Å². The lowest BCUT2D eigenvalue weighted by Gasteiger charge is -2.27. The van der Waals surface area contributed by atoms with E-state index >= 15 is 0 Å². The Morgan fingerprint density at radius 2 is 1.68 bits per heavy atom. The number of carbonyl (C=O) groups is 1. The van der Waals surface area contributed by atoms with E-state index in [1.165, 1.54) is 0 Å². The molecule has 19 heavy (non-hydrogen) atoms. The van der Waals surface area contributed by atoms with Crippen LogP contribution >= 0.6 is 11.6 Å². The van der Waals surface area contributed by atoms with Gasteiger partial charge in [-0.05, 0) is 43.4 Å². The van der Waals surface area contributed by atoms with E-state index in [1.807, 2.05) is 29.2 Å². The van der Waals surface area contributed by atoms with Crippen LogP contribution in [0, 0.1) is 0 Å². The van der Waals surface area contributed by atoms with Crippen LogP contribution in [0.3, 0.4) is 0 Å². The summed E-state index contributed by atoms with van der Waals surface area (Å²) in [4.78, 5) is 14.8. The summed E-state index contributed by atoms with van der Waals surface area (Å²) < 4.78 is 0. The summed E-state index contributed by atoms with van der Waals surface area (Å²) >= 11 is 5.93. The van der Waals surface area contributed by atoms with Gasteiger partial charge in [-0.1, -0.05) is 37.6 Å². The van der Waals surface area contributed by atoms with E-state index in [1.54, 1.807) is 0 Å². The first kappa shape index (κ1) is 14.4. The summed E-state index contributed by atoms with van der Waals surface area (Å²) in [6, 6.07) is 7.77. The molecule has 1 saturated carbocycles. The van der Waals surface area contributed by atoms with Crippen LogP contribution in [0.4, 0.5) is 0 Å². The SMILES string of the molecule is CCCN(CCC)C(=O)C1(c2ccc(Cl)cc2)CC1. The van der Waals surface area contributed by atoms with Gasteiger partial charge >= 0.3 is 0 Å². The van der Waals surface area contributed by atoms with Crippen LogP contribution in [-0.2, 0) is 10.2 Å². The highest BCUT2D eigenvalue weighted by Crippen LogP contribution is 2.49. The van der Waals surface area contributed by atoms with Crippen LogP contribution in [0.5, 0.6) is 0 Å². The van der Waals surface area contributed by atoms with Gasteiger partial charge in [0, 0.05) is 18.1 Å². The third-order valence-corrected chi connectivity index (χ3v) is 4.08. The lowest BCUT2D eigenvalue weighted by molar-refractivity contribution is -0.134. The second-order valence-corrected chi connectivity index (χ2v) is 5.82. The Bertz CT molecular complexity index is 431. The summed E-state index contributed by atoms with van der Waals surface area (Å²) in [5, 5.41) is 0.728. The molecule has 2 nitrogen and oxygen atoms in total. The number of hydrogen-bond donors (Lipinski definition) is 0. The molecule has 1 amide bonds. The van der Waals surface area contributed by atoms with Crippen LogP contribution in [-0.4, -0.2) is 23.9 Å². The topological polar surface area (TPSA) is 20.3 Å². The van der Waals surface area contributed by atoms with Crippen molar-refractivity contribution < 1.29 is 4.79 Å². The number of rotatable bonds is 6. The van der Waals surface area contributed by atoms with Gasteiger partial charge in [0.15, 0.2) is 0 Å². The summed E-state index contributed by atoms with van der Waals surface area (Å²) in [7, 11) is 0. The van der Waals surface area contributed by atoms with Crippen LogP contribution in [0.1, 0.15) is 45.1 Å². The minimum atomic E-state index is -0.255. The van der Waals surface area contributed by atoms with Crippen LogP contribution < -0.4 is 0 Å². The largest absolute Gasteiger partial charge is 0.342 e. The summed E-state index contributed by atoms with van der Waals surface area (Å²) in [5.41, 5.74) is 0.869. The maximum Gasteiger partial charge on any atom is 0.233 e. The van der Waals surface area contributed by atoms with Gasteiger partial charge < -0.3 is 4.90 Å². The third kappa shape index (κ3) is 2.94. The Morgan fingerprint density at radius 1 is 1.16 bits per heavy atom. The molecule has 0 radical (unpaired) electrons. The molecule has 1 aliphatic carbocycles. The number of carbonyl (C=O) groups excluding carboxylic acids is 1. The molecule has 0 heterocycles. The quantitative estimate of drug-likeness (QED) is 0.770. The highest BCUT2D eigenvalue weighted by atomic mass is 35.5. The fourth-order valence-electron chi connectivity index (χ4n) is 2.68. The van der Waals surface area contributed by atoms with Crippen molar-refractivity contribution in [3.63, 3.8) is 0 Å². The zero-order valence-corrected chi connectivity index (χ0v) is 12.5. The fourth-order valence-corrected chi connectivity index (χ4v) is 2.80. The standard InChI is InChI=1S/C16H22ClNO/c1-3-11-18(12-4-2)15(19)16(9-10-16)13-5-7-14(17)8-6-13/h5-8H,3-4,9-12H2,1-2H3. The molecule has 0 atom stereocenters. The van der Waals surface area contributed by atoms with Gasteiger partial charge in [0.1, 0.15) is 0 Å². The maximum absolute atomic E-state index is 12.8. The molecule has 3 heteroatoms. The van der Waals surface area contributed by atoms with Crippen molar-refractivity contribution in [2.45, 2.75) is 44.9 Å². The molecule has 0 aromatic heterocycles. The monoisotopic (exact) mass is 279 g/mol. The molecule has 0 spiro atoms. The maximum atomic E-state index is 12.8. The predicted molar refractivity (Wildman–Crippen MR) is 79.5 cm³/mol. The highest BCUT2D eigenvalue weighted by molar-refractivity contribution is 6.30. The van der Waals surface area contributed by atoms with Gasteiger partial charge in [0.25, 0.3) is 0 Å². The van der Waals surface area contributed by atoms with Crippen LogP contribution in [0.2, 0.25) is 5.02 Å². The fraction of sp³-hybridized carbons (Fsp3) is 0.562. The predicted octanol–water partition coefficient (Wildman–Crippen LogP) is 4.02. The molecule has 1 aromatic carbocycles. The van der Waals surface area contributed by atoms with E-state index in [9.17, 15) is 4.79 Å². The minimum Gasteiger partial charge on any atom is -0.342 e. The first-order chi connectivity index (χ1) is 9.14. The molecule has 2 rings (SSSR count). The van der Waals surface area contributed by atoms with Crippen LogP contribution in [0.25, 0.3) is 0 Å². The Hall–Kier alpha value is -1.02. The van der Waals surface area contributed by atoms with Gasteiger partial charge in [-0.15, -0.1) is 0 Å². The lowest BCUT2D eigenvalue weighted by Crippen LogP contribution is -2.40. The number of halogens is 1. The van der Waals surface area contributed by atoms with Gasteiger partial charge in [-0.3, -0.25) is 4.79 Å². The number of benzene rings is 1. The van der Waals surface area contributed by atoms with E-state index in [2.05, 4.69) is 13.8 Å². The van der Waals surface area contributed by atoms with Crippen molar-refractivity contribution in [1.29, 1.82) is 0 Å². The van der Waals surface area contributed by atoms with E-state index in [0.717, 1.165) is 49.4 Å². The molecule has 0 saturated heterocycles. The van der Waals surface area contributed by atoms with Crippen LogP contribution in [0.15, 0.2) is 24.3 Å². The van der Waals surface area contributed by atoms with Crippen molar-refractivity contribution in [2.24, 2.45) is 0 Å². The average molecular weight is 280 g/mol. The second-order valence-electron chi connectivity index (χ2n) is 5.38. The minimum absolute atomic E-state index is 0.255. The lowest BCUT2D eigenvalue weighted by atomic mass is 9.94.